The van der Waals surface area contributed by atoms with Gasteiger partial charge in [-0.2, -0.15) is 4.31 Å². The second-order valence-electron chi connectivity index (χ2n) is 6.47. The molecule has 0 heterocycles. The SMILES string of the molecule is C[C@H](c1ccc(F)cc1)N(C)S(=O)(=O)CC1(N(C)C)CCC1. The van der Waals surface area contributed by atoms with Crippen molar-refractivity contribution in [3.8, 4) is 0 Å². The Morgan fingerprint density at radius 3 is 2.14 bits per heavy atom. The maximum Gasteiger partial charge on any atom is 0.216 e. The van der Waals surface area contributed by atoms with Gasteiger partial charge in [0.15, 0.2) is 0 Å². The normalized spacial score (nSPS) is 19.2. The number of hydrogen-bond acceptors (Lipinski definition) is 3. The lowest BCUT2D eigenvalue weighted by Crippen LogP contribution is -2.56. The minimum atomic E-state index is -3.38. The predicted molar refractivity (Wildman–Crippen MR) is 86.6 cm³/mol. The van der Waals surface area contributed by atoms with Crippen LogP contribution in [0.3, 0.4) is 0 Å². The van der Waals surface area contributed by atoms with Gasteiger partial charge in [-0.1, -0.05) is 12.1 Å². The van der Waals surface area contributed by atoms with E-state index in [1.165, 1.54) is 16.4 Å². The minimum Gasteiger partial charge on any atom is -0.303 e. The van der Waals surface area contributed by atoms with Crippen LogP contribution in [-0.4, -0.2) is 50.1 Å². The predicted octanol–water partition coefficient (Wildman–Crippen LogP) is 2.63. The summed E-state index contributed by atoms with van der Waals surface area (Å²) in [7, 11) is 2.10. The van der Waals surface area contributed by atoms with Crippen molar-refractivity contribution in [3.05, 3.63) is 35.6 Å². The molecule has 1 atom stereocenters. The fourth-order valence-corrected chi connectivity index (χ4v) is 4.97. The smallest absolute Gasteiger partial charge is 0.216 e. The maximum atomic E-state index is 13.0. The molecule has 0 aliphatic heterocycles. The van der Waals surface area contributed by atoms with Crippen molar-refractivity contribution < 1.29 is 12.8 Å². The molecule has 22 heavy (non-hydrogen) atoms. The zero-order valence-electron chi connectivity index (χ0n) is 13.7. The van der Waals surface area contributed by atoms with Crippen molar-refractivity contribution in [3.63, 3.8) is 0 Å². The Hall–Kier alpha value is -0.980. The molecule has 2 rings (SSSR count). The van der Waals surface area contributed by atoms with E-state index in [9.17, 15) is 12.8 Å². The minimum absolute atomic E-state index is 0.134. The largest absolute Gasteiger partial charge is 0.303 e. The van der Waals surface area contributed by atoms with E-state index < -0.39 is 10.0 Å². The highest BCUT2D eigenvalue weighted by atomic mass is 32.2. The van der Waals surface area contributed by atoms with E-state index in [1.807, 2.05) is 25.9 Å². The summed E-state index contributed by atoms with van der Waals surface area (Å²) in [6.45, 7) is 1.83. The van der Waals surface area contributed by atoms with Crippen LogP contribution < -0.4 is 0 Å². The summed E-state index contributed by atoms with van der Waals surface area (Å²) in [5, 5.41) is 0. The van der Waals surface area contributed by atoms with Gasteiger partial charge in [-0.05, 0) is 58.0 Å². The molecule has 6 heteroatoms. The highest BCUT2D eigenvalue weighted by Gasteiger charge is 2.44. The van der Waals surface area contributed by atoms with Gasteiger partial charge in [-0.25, -0.2) is 12.8 Å². The monoisotopic (exact) mass is 328 g/mol. The summed E-state index contributed by atoms with van der Waals surface area (Å²) in [5.41, 5.74) is 0.551. The molecule has 0 radical (unpaired) electrons. The van der Waals surface area contributed by atoms with Crippen molar-refractivity contribution in [1.29, 1.82) is 0 Å². The van der Waals surface area contributed by atoms with Gasteiger partial charge in [-0.15, -0.1) is 0 Å². The Morgan fingerprint density at radius 1 is 1.18 bits per heavy atom. The molecule has 1 aliphatic rings. The lowest BCUT2D eigenvalue weighted by Gasteiger charge is -2.47. The van der Waals surface area contributed by atoms with Crippen LogP contribution in [0.1, 0.15) is 37.8 Å². The summed E-state index contributed by atoms with van der Waals surface area (Å²) >= 11 is 0. The van der Waals surface area contributed by atoms with Crippen molar-refractivity contribution in [2.24, 2.45) is 0 Å². The van der Waals surface area contributed by atoms with E-state index in [4.69, 9.17) is 0 Å². The van der Waals surface area contributed by atoms with E-state index in [0.29, 0.717) is 0 Å². The quantitative estimate of drug-likeness (QED) is 0.806. The number of nitrogens with zero attached hydrogens (tertiary/aromatic N) is 2. The topological polar surface area (TPSA) is 40.6 Å². The molecule has 1 aromatic carbocycles. The Balaban J connectivity index is 2.16. The van der Waals surface area contributed by atoms with Crippen LogP contribution in [-0.2, 0) is 10.0 Å². The summed E-state index contributed by atoms with van der Waals surface area (Å²) in [4.78, 5) is 2.03. The third-order valence-corrected chi connectivity index (χ3v) is 7.12. The molecule has 0 unspecified atom stereocenters. The van der Waals surface area contributed by atoms with E-state index in [-0.39, 0.29) is 23.2 Å². The van der Waals surface area contributed by atoms with Crippen molar-refractivity contribution >= 4 is 10.0 Å². The molecule has 0 amide bonds. The van der Waals surface area contributed by atoms with E-state index in [0.717, 1.165) is 24.8 Å². The second kappa shape index (κ2) is 6.26. The molecule has 1 aromatic rings. The third-order valence-electron chi connectivity index (χ3n) is 5.02. The average Bonchev–Trinajstić information content (AvgIpc) is 2.41. The molecule has 0 saturated heterocycles. The number of sulfonamides is 1. The molecule has 0 N–H and O–H groups in total. The summed E-state index contributed by atoms with van der Waals surface area (Å²) < 4.78 is 39.9. The van der Waals surface area contributed by atoms with Crippen LogP contribution in [0, 0.1) is 5.82 Å². The van der Waals surface area contributed by atoms with Crippen LogP contribution in [0.4, 0.5) is 4.39 Å². The average molecular weight is 328 g/mol. The second-order valence-corrected chi connectivity index (χ2v) is 8.50. The van der Waals surface area contributed by atoms with Gasteiger partial charge in [0.05, 0.1) is 5.75 Å². The highest BCUT2D eigenvalue weighted by Crippen LogP contribution is 2.38. The molecule has 0 bridgehead atoms. The highest BCUT2D eigenvalue weighted by molar-refractivity contribution is 7.89. The Labute approximate surface area is 133 Å². The van der Waals surface area contributed by atoms with Crippen molar-refractivity contribution in [1.82, 2.24) is 9.21 Å². The van der Waals surface area contributed by atoms with Crippen molar-refractivity contribution in [2.45, 2.75) is 37.8 Å². The molecule has 4 nitrogen and oxygen atoms in total. The zero-order chi connectivity index (χ0) is 16.5. The van der Waals surface area contributed by atoms with E-state index in [1.54, 1.807) is 19.2 Å². The molecule has 1 aliphatic carbocycles. The lowest BCUT2D eigenvalue weighted by atomic mass is 9.77. The Morgan fingerprint density at radius 2 is 1.73 bits per heavy atom. The first-order chi connectivity index (χ1) is 10.2. The van der Waals surface area contributed by atoms with Gasteiger partial charge in [0, 0.05) is 18.6 Å². The molecular formula is C16H25FN2O2S. The standard InChI is InChI=1S/C16H25FN2O2S/c1-13(14-6-8-15(17)9-7-14)19(4)22(20,21)12-16(18(2)3)10-5-11-16/h6-9,13H,5,10-12H2,1-4H3/t13-/m1/s1. The Kier molecular flexibility index (Phi) is 4.94. The van der Waals surface area contributed by atoms with E-state index in [2.05, 4.69) is 0 Å². The first-order valence-electron chi connectivity index (χ1n) is 7.57. The lowest BCUT2D eigenvalue weighted by molar-refractivity contribution is 0.0822. The van der Waals surface area contributed by atoms with Gasteiger partial charge in [0.2, 0.25) is 10.0 Å². The Bertz CT molecular complexity index is 610. The number of hydrogen-bond donors (Lipinski definition) is 0. The number of rotatable bonds is 6. The molecule has 124 valence electrons. The number of halogens is 1. The summed E-state index contributed by atoms with van der Waals surface area (Å²) in [5.74, 6) is -0.183. The molecule has 1 fully saturated rings. The molecule has 0 spiro atoms. The number of benzene rings is 1. The van der Waals surface area contributed by atoms with Gasteiger partial charge < -0.3 is 4.90 Å². The molecular weight excluding hydrogens is 303 g/mol. The first kappa shape index (κ1) is 17.4. The third kappa shape index (κ3) is 3.34. The van der Waals surface area contributed by atoms with Gasteiger partial charge in [-0.3, -0.25) is 0 Å². The summed E-state index contributed by atoms with van der Waals surface area (Å²) in [6, 6.07) is 5.68. The van der Waals surface area contributed by atoms with Crippen LogP contribution in [0.15, 0.2) is 24.3 Å². The van der Waals surface area contributed by atoms with E-state index >= 15 is 0 Å². The van der Waals surface area contributed by atoms with Crippen LogP contribution in [0.5, 0.6) is 0 Å². The first-order valence-corrected chi connectivity index (χ1v) is 9.17. The fraction of sp³-hybridized carbons (Fsp3) is 0.625. The van der Waals surface area contributed by atoms with Crippen LogP contribution in [0.2, 0.25) is 0 Å². The van der Waals surface area contributed by atoms with Crippen LogP contribution in [0.25, 0.3) is 0 Å². The maximum absolute atomic E-state index is 13.0. The zero-order valence-corrected chi connectivity index (χ0v) is 14.5. The van der Waals surface area contributed by atoms with Gasteiger partial charge in [0.1, 0.15) is 5.82 Å². The molecule has 0 aromatic heterocycles. The fourth-order valence-electron chi connectivity index (χ4n) is 2.94. The van der Waals surface area contributed by atoms with Gasteiger partial charge >= 0.3 is 0 Å². The molecule has 1 saturated carbocycles. The summed E-state index contributed by atoms with van der Waals surface area (Å²) in [6.07, 6.45) is 2.90. The van der Waals surface area contributed by atoms with Gasteiger partial charge in [0.25, 0.3) is 0 Å². The van der Waals surface area contributed by atoms with Crippen molar-refractivity contribution in [2.75, 3.05) is 26.9 Å². The van der Waals surface area contributed by atoms with Crippen LogP contribution >= 0.6 is 0 Å².